The molecule has 0 radical (unpaired) electrons. The first kappa shape index (κ1) is 17.0. The molecule has 0 aliphatic carbocycles. The van der Waals surface area contributed by atoms with Gasteiger partial charge in [-0.2, -0.15) is 0 Å². The number of carbonyl (C=O) groups excluding carboxylic acids is 1. The van der Waals surface area contributed by atoms with Gasteiger partial charge in [0.05, 0.1) is 12.2 Å². The van der Waals surface area contributed by atoms with Gasteiger partial charge in [0.25, 0.3) is 9.05 Å². The largest absolute Gasteiger partial charge is 0.457 e. The van der Waals surface area contributed by atoms with Crippen LogP contribution in [0.5, 0.6) is 0 Å². The Balaban J connectivity index is 2.61. The zero-order valence-electron chi connectivity index (χ0n) is 11.7. The molecule has 0 amide bonds. The summed E-state index contributed by atoms with van der Waals surface area (Å²) in [5.74, 6) is -0.937. The minimum absolute atomic E-state index is 0.0397. The second-order valence-electron chi connectivity index (χ2n) is 5.07. The normalized spacial score (nSPS) is 12.4. The zero-order chi connectivity index (χ0) is 15.6. The number of carbonyl (C=O) groups is 1. The first-order valence-electron chi connectivity index (χ1n) is 5.87. The van der Waals surface area contributed by atoms with E-state index in [2.05, 4.69) is 0 Å². The number of halogens is 1. The van der Waals surface area contributed by atoms with Crippen LogP contribution in [0.15, 0.2) is 15.4 Å². The molecule has 0 saturated carbocycles. The minimum atomic E-state index is -3.94. The highest BCUT2D eigenvalue weighted by Gasteiger charge is 2.23. The second kappa shape index (κ2) is 6.15. The van der Waals surface area contributed by atoms with Crippen LogP contribution in [0.1, 0.15) is 37.1 Å². The maximum atomic E-state index is 11.7. The van der Waals surface area contributed by atoms with Crippen molar-refractivity contribution in [3.05, 3.63) is 17.6 Å². The van der Waals surface area contributed by atoms with Gasteiger partial charge >= 0.3 is 5.97 Å². The molecule has 0 fully saturated rings. The third kappa shape index (κ3) is 5.15. The van der Waals surface area contributed by atoms with Crippen molar-refractivity contribution in [1.29, 1.82) is 0 Å². The number of ether oxygens (including phenoxy) is 2. The predicted octanol–water partition coefficient (Wildman–Crippen LogP) is 2.49. The summed E-state index contributed by atoms with van der Waals surface area (Å²) in [6, 6.07) is 1.05. The average Bonchev–Trinajstić information content (AvgIpc) is 2.65. The highest BCUT2D eigenvalue weighted by atomic mass is 35.7. The van der Waals surface area contributed by atoms with Crippen LogP contribution in [0.25, 0.3) is 0 Å². The smallest absolute Gasteiger partial charge is 0.374 e. The first-order valence-corrected chi connectivity index (χ1v) is 8.18. The zero-order valence-corrected chi connectivity index (χ0v) is 13.3. The predicted molar refractivity (Wildman–Crippen MR) is 72.5 cm³/mol. The average molecular weight is 325 g/mol. The minimum Gasteiger partial charge on any atom is -0.457 e. The van der Waals surface area contributed by atoms with Crippen molar-refractivity contribution in [3.63, 3.8) is 0 Å². The van der Waals surface area contributed by atoms with E-state index in [0.29, 0.717) is 0 Å². The van der Waals surface area contributed by atoms with Gasteiger partial charge in [-0.1, -0.05) is 0 Å². The second-order valence-corrected chi connectivity index (χ2v) is 7.60. The lowest BCUT2D eigenvalue weighted by molar-refractivity contribution is -0.0289. The molecular weight excluding hydrogens is 308 g/mol. The van der Waals surface area contributed by atoms with Gasteiger partial charge in [-0.05, 0) is 27.7 Å². The van der Waals surface area contributed by atoms with Gasteiger partial charge in [0.15, 0.2) is 0 Å². The van der Waals surface area contributed by atoms with Gasteiger partial charge < -0.3 is 13.9 Å². The fourth-order valence-electron chi connectivity index (χ4n) is 1.36. The fourth-order valence-corrected chi connectivity index (χ4v) is 2.45. The highest BCUT2D eigenvalue weighted by Crippen LogP contribution is 2.23. The van der Waals surface area contributed by atoms with Crippen molar-refractivity contribution in [2.45, 2.75) is 38.2 Å². The van der Waals surface area contributed by atoms with Gasteiger partial charge in [0, 0.05) is 16.7 Å². The molecule has 1 aromatic heterocycles. The van der Waals surface area contributed by atoms with E-state index in [0.717, 1.165) is 6.07 Å². The lowest BCUT2D eigenvalue weighted by Crippen LogP contribution is -2.22. The maximum absolute atomic E-state index is 11.7. The summed E-state index contributed by atoms with van der Waals surface area (Å²) >= 11 is 0. The highest BCUT2D eigenvalue weighted by molar-refractivity contribution is 8.13. The quantitative estimate of drug-likeness (QED) is 0.470. The van der Waals surface area contributed by atoms with E-state index in [1.54, 1.807) is 0 Å². The summed E-state index contributed by atoms with van der Waals surface area (Å²) < 4.78 is 37.7. The van der Waals surface area contributed by atoms with E-state index >= 15 is 0 Å². The van der Waals surface area contributed by atoms with Crippen LogP contribution in [0.4, 0.5) is 0 Å². The van der Waals surface area contributed by atoms with Crippen LogP contribution in [0, 0.1) is 6.92 Å². The summed E-state index contributed by atoms with van der Waals surface area (Å²) in [4.78, 5) is 11.4. The first-order chi connectivity index (χ1) is 9.00. The van der Waals surface area contributed by atoms with Crippen LogP contribution >= 0.6 is 10.7 Å². The molecule has 0 unspecified atom stereocenters. The van der Waals surface area contributed by atoms with Crippen LogP contribution in [-0.2, 0) is 18.5 Å². The van der Waals surface area contributed by atoms with Gasteiger partial charge in [-0.15, -0.1) is 0 Å². The molecule has 6 nitrogen and oxygen atoms in total. The Morgan fingerprint density at radius 3 is 2.40 bits per heavy atom. The molecule has 0 N–H and O–H groups in total. The molecule has 0 saturated heterocycles. The van der Waals surface area contributed by atoms with Crippen molar-refractivity contribution >= 4 is 25.7 Å². The molecule has 1 rings (SSSR count). The standard InChI is InChI=1S/C12H17ClO6S/c1-8-10(20(13,15)16)7-9(19-8)11(14)17-5-6-18-12(2,3)4/h7H,5-6H2,1-4H3. The molecule has 0 aromatic carbocycles. The molecule has 0 atom stereocenters. The summed E-state index contributed by atoms with van der Waals surface area (Å²) in [5, 5.41) is 0. The number of furan rings is 1. The number of hydrogen-bond acceptors (Lipinski definition) is 6. The fraction of sp³-hybridized carbons (Fsp3) is 0.583. The van der Waals surface area contributed by atoms with E-state index in [1.165, 1.54) is 6.92 Å². The van der Waals surface area contributed by atoms with E-state index in [9.17, 15) is 13.2 Å². The number of esters is 1. The van der Waals surface area contributed by atoms with Crippen LogP contribution in [-0.4, -0.2) is 33.2 Å². The monoisotopic (exact) mass is 324 g/mol. The van der Waals surface area contributed by atoms with Gasteiger partial charge in [-0.25, -0.2) is 13.2 Å². The van der Waals surface area contributed by atoms with E-state index < -0.39 is 15.0 Å². The molecule has 0 spiro atoms. The Bertz CT molecular complexity index is 582. The summed E-state index contributed by atoms with van der Waals surface area (Å²) in [5.41, 5.74) is -0.326. The van der Waals surface area contributed by atoms with Crippen molar-refractivity contribution < 1.29 is 27.1 Å². The molecule has 20 heavy (non-hydrogen) atoms. The molecule has 8 heteroatoms. The van der Waals surface area contributed by atoms with Crippen molar-refractivity contribution in [2.75, 3.05) is 13.2 Å². The Kier molecular flexibility index (Phi) is 5.23. The Morgan fingerprint density at radius 2 is 1.95 bits per heavy atom. The summed E-state index contributed by atoms with van der Waals surface area (Å²) in [7, 11) is 1.25. The third-order valence-corrected chi connectivity index (χ3v) is 3.62. The third-order valence-electron chi connectivity index (χ3n) is 2.19. The van der Waals surface area contributed by atoms with E-state index in [1.807, 2.05) is 20.8 Å². The topological polar surface area (TPSA) is 82.8 Å². The molecule has 1 aromatic rings. The SMILES string of the molecule is Cc1oc(C(=O)OCCOC(C)(C)C)cc1S(=O)(=O)Cl. The van der Waals surface area contributed by atoms with E-state index in [-0.39, 0.29) is 35.2 Å². The van der Waals surface area contributed by atoms with Crippen molar-refractivity contribution in [1.82, 2.24) is 0 Å². The Labute approximate surface area is 122 Å². The summed E-state index contributed by atoms with van der Waals surface area (Å²) in [6.07, 6.45) is 0. The van der Waals surface area contributed by atoms with Crippen molar-refractivity contribution in [2.24, 2.45) is 0 Å². The molecule has 0 aliphatic heterocycles. The summed E-state index contributed by atoms with van der Waals surface area (Å²) in [6.45, 7) is 7.30. The van der Waals surface area contributed by atoms with Gasteiger partial charge in [-0.3, -0.25) is 0 Å². The lowest BCUT2D eigenvalue weighted by Gasteiger charge is -2.19. The molecule has 0 bridgehead atoms. The molecule has 0 aliphatic rings. The van der Waals surface area contributed by atoms with E-state index in [4.69, 9.17) is 24.6 Å². The van der Waals surface area contributed by atoms with Crippen molar-refractivity contribution in [3.8, 4) is 0 Å². The van der Waals surface area contributed by atoms with Crippen LogP contribution in [0.3, 0.4) is 0 Å². The van der Waals surface area contributed by atoms with Crippen LogP contribution in [0.2, 0.25) is 0 Å². The molecular formula is C12H17ClO6S. The maximum Gasteiger partial charge on any atom is 0.374 e. The van der Waals surface area contributed by atoms with Gasteiger partial charge in [0.2, 0.25) is 5.76 Å². The number of hydrogen-bond donors (Lipinski definition) is 0. The molecule has 1 heterocycles. The van der Waals surface area contributed by atoms with Gasteiger partial charge in [0.1, 0.15) is 17.3 Å². The molecule has 114 valence electrons. The number of rotatable bonds is 5. The Morgan fingerprint density at radius 1 is 1.35 bits per heavy atom. The lowest BCUT2D eigenvalue weighted by atomic mass is 10.2. The Hall–Kier alpha value is -1.05. The van der Waals surface area contributed by atoms with Crippen LogP contribution < -0.4 is 0 Å². The number of aryl methyl sites for hydroxylation is 1.